The lowest BCUT2D eigenvalue weighted by molar-refractivity contribution is 0.102. The summed E-state index contributed by atoms with van der Waals surface area (Å²) in [6, 6.07) is 9.43. The van der Waals surface area contributed by atoms with Gasteiger partial charge in [-0.15, -0.1) is 0 Å². The van der Waals surface area contributed by atoms with Crippen LogP contribution in [0.4, 0.5) is 5.69 Å². The van der Waals surface area contributed by atoms with Crippen LogP contribution >= 0.6 is 11.6 Å². The molecule has 1 amide bonds. The molecule has 1 saturated heterocycles. The van der Waals surface area contributed by atoms with Crippen molar-refractivity contribution in [2.75, 3.05) is 31.6 Å². The second kappa shape index (κ2) is 10.6. The van der Waals surface area contributed by atoms with Crippen LogP contribution in [0.3, 0.4) is 0 Å². The molecule has 1 atom stereocenters. The zero-order valence-electron chi connectivity index (χ0n) is 18.6. The highest BCUT2D eigenvalue weighted by atomic mass is 35.5. The molecule has 0 aliphatic carbocycles. The lowest BCUT2D eigenvalue weighted by Gasteiger charge is -2.30. The Balaban J connectivity index is 1.90. The standard InChI is InChI=1S/C23H29ClN2O5S/c1-4-30-18-9-11-21(31-5-2)20(14-18)25-23(27)17-8-10-19(24)22(13-17)32(28,29)26-12-6-7-16(3)15-26/h8-11,13-14,16H,4-7,12,15H2,1-3H3,(H,25,27). The summed E-state index contributed by atoms with van der Waals surface area (Å²) in [5.41, 5.74) is 0.620. The van der Waals surface area contributed by atoms with Crippen LogP contribution in [0.5, 0.6) is 11.5 Å². The number of carbonyl (C=O) groups is 1. The number of nitrogens with one attached hydrogen (secondary N) is 1. The third-order valence-electron chi connectivity index (χ3n) is 5.24. The van der Waals surface area contributed by atoms with Crippen LogP contribution in [0.1, 0.15) is 44.0 Å². The summed E-state index contributed by atoms with van der Waals surface area (Å²) in [4.78, 5) is 12.9. The first-order valence-corrected chi connectivity index (χ1v) is 12.6. The molecule has 7 nitrogen and oxygen atoms in total. The number of nitrogens with zero attached hydrogens (tertiary/aromatic N) is 1. The van der Waals surface area contributed by atoms with Gasteiger partial charge in [0, 0.05) is 24.7 Å². The van der Waals surface area contributed by atoms with Crippen molar-refractivity contribution in [3.63, 3.8) is 0 Å². The topological polar surface area (TPSA) is 84.9 Å². The second-order valence-corrected chi connectivity index (χ2v) is 10.0. The molecule has 9 heteroatoms. The van der Waals surface area contributed by atoms with E-state index in [1.165, 1.54) is 22.5 Å². The smallest absolute Gasteiger partial charge is 0.255 e. The van der Waals surface area contributed by atoms with E-state index >= 15 is 0 Å². The Bertz CT molecular complexity index is 1070. The van der Waals surface area contributed by atoms with Crippen molar-refractivity contribution in [1.29, 1.82) is 0 Å². The van der Waals surface area contributed by atoms with Gasteiger partial charge in [0.15, 0.2) is 0 Å². The van der Waals surface area contributed by atoms with Gasteiger partial charge in [-0.05, 0) is 62.9 Å². The summed E-state index contributed by atoms with van der Waals surface area (Å²) in [6.07, 6.45) is 1.79. The van der Waals surface area contributed by atoms with E-state index in [4.69, 9.17) is 21.1 Å². The fourth-order valence-electron chi connectivity index (χ4n) is 3.69. The summed E-state index contributed by atoms with van der Waals surface area (Å²) >= 11 is 6.25. The average Bonchev–Trinajstić information content (AvgIpc) is 2.76. The highest BCUT2D eigenvalue weighted by Crippen LogP contribution is 2.32. The molecule has 0 aromatic heterocycles. The molecule has 2 aromatic carbocycles. The minimum Gasteiger partial charge on any atom is -0.494 e. The predicted molar refractivity (Wildman–Crippen MR) is 125 cm³/mol. The number of halogens is 1. The monoisotopic (exact) mass is 480 g/mol. The van der Waals surface area contributed by atoms with E-state index in [1.54, 1.807) is 18.2 Å². The van der Waals surface area contributed by atoms with Gasteiger partial charge in [-0.3, -0.25) is 4.79 Å². The van der Waals surface area contributed by atoms with Crippen LogP contribution < -0.4 is 14.8 Å². The first kappa shape index (κ1) is 24.4. The van der Waals surface area contributed by atoms with Gasteiger partial charge in [-0.2, -0.15) is 4.31 Å². The molecular weight excluding hydrogens is 452 g/mol. The van der Waals surface area contributed by atoms with Gasteiger partial charge >= 0.3 is 0 Å². The van der Waals surface area contributed by atoms with E-state index in [2.05, 4.69) is 5.32 Å². The molecule has 1 N–H and O–H groups in total. The molecule has 32 heavy (non-hydrogen) atoms. The molecule has 1 aliphatic heterocycles. The highest BCUT2D eigenvalue weighted by molar-refractivity contribution is 7.89. The number of carbonyl (C=O) groups excluding carboxylic acids is 1. The van der Waals surface area contributed by atoms with Gasteiger partial charge in [0.1, 0.15) is 16.4 Å². The number of anilines is 1. The fraction of sp³-hybridized carbons (Fsp3) is 0.435. The van der Waals surface area contributed by atoms with E-state index in [-0.39, 0.29) is 21.4 Å². The number of rotatable bonds is 8. The Morgan fingerprint density at radius 3 is 2.59 bits per heavy atom. The summed E-state index contributed by atoms with van der Waals surface area (Å²) in [7, 11) is -3.81. The fourth-order valence-corrected chi connectivity index (χ4v) is 5.78. The predicted octanol–water partition coefficient (Wildman–Crippen LogP) is 4.81. The molecule has 1 fully saturated rings. The maximum absolute atomic E-state index is 13.2. The zero-order valence-corrected chi connectivity index (χ0v) is 20.1. The van der Waals surface area contributed by atoms with E-state index in [9.17, 15) is 13.2 Å². The molecule has 0 saturated carbocycles. The van der Waals surface area contributed by atoms with Crippen molar-refractivity contribution in [3.05, 3.63) is 47.0 Å². The summed E-state index contributed by atoms with van der Waals surface area (Å²) in [6.45, 7) is 7.54. The molecule has 1 aliphatic rings. The van der Waals surface area contributed by atoms with Gasteiger partial charge in [0.25, 0.3) is 5.91 Å². The minimum atomic E-state index is -3.81. The average molecular weight is 481 g/mol. The van der Waals surface area contributed by atoms with E-state index in [0.29, 0.717) is 43.5 Å². The molecule has 2 aromatic rings. The van der Waals surface area contributed by atoms with Gasteiger partial charge in [-0.25, -0.2) is 8.42 Å². The van der Waals surface area contributed by atoms with Crippen LogP contribution in [-0.2, 0) is 10.0 Å². The quantitative estimate of drug-likeness (QED) is 0.586. The van der Waals surface area contributed by atoms with Crippen molar-refractivity contribution in [3.8, 4) is 11.5 Å². The van der Waals surface area contributed by atoms with E-state index in [1.807, 2.05) is 20.8 Å². The highest BCUT2D eigenvalue weighted by Gasteiger charge is 2.31. The maximum Gasteiger partial charge on any atom is 0.255 e. The lowest BCUT2D eigenvalue weighted by atomic mass is 10.0. The molecule has 1 unspecified atom stereocenters. The summed E-state index contributed by atoms with van der Waals surface area (Å²) in [5, 5.41) is 2.89. The number of amides is 1. The van der Waals surface area contributed by atoms with Crippen molar-refractivity contribution in [1.82, 2.24) is 4.31 Å². The molecule has 0 spiro atoms. The molecule has 174 valence electrons. The first-order chi connectivity index (χ1) is 15.3. The number of hydrogen-bond donors (Lipinski definition) is 1. The van der Waals surface area contributed by atoms with Gasteiger partial charge in [0.05, 0.1) is 23.9 Å². The lowest BCUT2D eigenvalue weighted by Crippen LogP contribution is -2.39. The van der Waals surface area contributed by atoms with Crippen molar-refractivity contribution >= 4 is 33.2 Å². The summed E-state index contributed by atoms with van der Waals surface area (Å²) < 4.78 is 39.0. The second-order valence-electron chi connectivity index (χ2n) is 7.73. The van der Waals surface area contributed by atoms with Crippen LogP contribution in [0.2, 0.25) is 5.02 Å². The molecular formula is C23H29ClN2O5S. The Morgan fingerprint density at radius 1 is 1.16 bits per heavy atom. The largest absolute Gasteiger partial charge is 0.494 e. The number of piperidine rings is 1. The normalized spacial score (nSPS) is 17.1. The molecule has 1 heterocycles. The number of ether oxygens (including phenoxy) is 2. The number of hydrogen-bond acceptors (Lipinski definition) is 5. The van der Waals surface area contributed by atoms with E-state index < -0.39 is 15.9 Å². The Kier molecular flexibility index (Phi) is 8.03. The first-order valence-electron chi connectivity index (χ1n) is 10.8. The van der Waals surface area contributed by atoms with Crippen molar-refractivity contribution in [2.24, 2.45) is 5.92 Å². The van der Waals surface area contributed by atoms with Crippen LogP contribution in [0.25, 0.3) is 0 Å². The molecule has 0 radical (unpaired) electrons. The van der Waals surface area contributed by atoms with Gasteiger partial charge < -0.3 is 14.8 Å². The number of benzene rings is 2. The summed E-state index contributed by atoms with van der Waals surface area (Å²) in [5.74, 6) is 0.886. The Labute approximate surface area is 194 Å². The number of sulfonamides is 1. The zero-order chi connectivity index (χ0) is 23.3. The Hall–Kier alpha value is -2.29. The van der Waals surface area contributed by atoms with E-state index in [0.717, 1.165) is 12.8 Å². The van der Waals surface area contributed by atoms with Crippen LogP contribution in [0, 0.1) is 5.92 Å². The molecule has 3 rings (SSSR count). The third-order valence-corrected chi connectivity index (χ3v) is 7.59. The van der Waals surface area contributed by atoms with Crippen molar-refractivity contribution < 1.29 is 22.7 Å². The van der Waals surface area contributed by atoms with Crippen LogP contribution in [0.15, 0.2) is 41.3 Å². The Morgan fingerprint density at radius 2 is 1.91 bits per heavy atom. The van der Waals surface area contributed by atoms with Crippen molar-refractivity contribution in [2.45, 2.75) is 38.5 Å². The minimum absolute atomic E-state index is 0.0611. The van der Waals surface area contributed by atoms with Gasteiger partial charge in [-0.1, -0.05) is 18.5 Å². The third kappa shape index (κ3) is 5.54. The molecule has 0 bridgehead atoms. The van der Waals surface area contributed by atoms with Gasteiger partial charge in [0.2, 0.25) is 10.0 Å². The maximum atomic E-state index is 13.2. The van der Waals surface area contributed by atoms with Crippen LogP contribution in [-0.4, -0.2) is 44.9 Å². The SMILES string of the molecule is CCOc1ccc(OCC)c(NC(=O)c2ccc(Cl)c(S(=O)(=O)N3CCCC(C)C3)c2)c1.